The van der Waals surface area contributed by atoms with Crippen molar-refractivity contribution in [3.8, 4) is 11.5 Å². The van der Waals surface area contributed by atoms with Gasteiger partial charge < -0.3 is 19.7 Å². The first-order chi connectivity index (χ1) is 12.8. The molecule has 1 heterocycles. The van der Waals surface area contributed by atoms with Crippen molar-refractivity contribution < 1.29 is 19.1 Å². The summed E-state index contributed by atoms with van der Waals surface area (Å²) in [4.78, 5) is 26.1. The van der Waals surface area contributed by atoms with E-state index in [-0.39, 0.29) is 18.2 Å². The van der Waals surface area contributed by atoms with Crippen LogP contribution in [0.25, 0.3) is 0 Å². The van der Waals surface area contributed by atoms with Crippen LogP contribution in [0.1, 0.15) is 15.9 Å². The van der Waals surface area contributed by atoms with Crippen LogP contribution in [0, 0.1) is 0 Å². The topological polar surface area (TPSA) is 67.9 Å². The van der Waals surface area contributed by atoms with Gasteiger partial charge in [-0.3, -0.25) is 9.59 Å². The van der Waals surface area contributed by atoms with Crippen molar-refractivity contribution in [2.75, 3.05) is 32.6 Å². The number of anilines is 1. The zero-order valence-corrected chi connectivity index (χ0v) is 17.2. The molecule has 0 aliphatic carbocycles. The number of carbonyl (C=O) groups excluding carboxylic acids is 2. The molecule has 1 aliphatic heterocycles. The van der Waals surface area contributed by atoms with Gasteiger partial charge in [0.15, 0.2) is 11.5 Å². The van der Waals surface area contributed by atoms with Crippen molar-refractivity contribution in [1.82, 2.24) is 4.90 Å². The molecule has 2 amide bonds. The monoisotopic (exact) mass is 452 g/mol. The molecule has 0 radical (unpaired) electrons. The predicted octanol–water partition coefficient (Wildman–Crippen LogP) is 3.76. The maximum atomic E-state index is 12.5. The van der Waals surface area contributed by atoms with Gasteiger partial charge in [0.25, 0.3) is 5.91 Å². The van der Waals surface area contributed by atoms with Crippen LogP contribution in [0.15, 0.2) is 34.8 Å². The van der Waals surface area contributed by atoms with Gasteiger partial charge in [0.05, 0.1) is 17.0 Å². The van der Waals surface area contributed by atoms with Gasteiger partial charge in [0.1, 0.15) is 13.2 Å². The summed E-state index contributed by atoms with van der Waals surface area (Å²) in [5, 5.41) is 3.13. The first-order valence-corrected chi connectivity index (χ1v) is 9.41. The highest BCUT2D eigenvalue weighted by Crippen LogP contribution is 2.35. The summed E-state index contributed by atoms with van der Waals surface area (Å²) in [6.45, 7) is 0.984. The Labute approximate surface area is 170 Å². The lowest BCUT2D eigenvalue weighted by Gasteiger charge is -2.20. The van der Waals surface area contributed by atoms with Gasteiger partial charge in [0.2, 0.25) is 5.91 Å². The van der Waals surface area contributed by atoms with Gasteiger partial charge in [-0.05, 0) is 35.9 Å². The Hall–Kier alpha value is -2.25. The molecule has 142 valence electrons. The molecule has 2 aromatic carbocycles. The Morgan fingerprint density at radius 3 is 2.48 bits per heavy atom. The lowest BCUT2D eigenvalue weighted by Crippen LogP contribution is -2.22. The molecule has 0 aromatic heterocycles. The summed E-state index contributed by atoms with van der Waals surface area (Å²) in [6.07, 6.45) is 0.136. The van der Waals surface area contributed by atoms with E-state index in [1.807, 2.05) is 0 Å². The molecule has 1 N–H and O–H groups in total. The largest absolute Gasteiger partial charge is 0.486 e. The Balaban J connectivity index is 1.75. The molecule has 0 saturated carbocycles. The van der Waals surface area contributed by atoms with Gasteiger partial charge in [0, 0.05) is 24.3 Å². The second-order valence-corrected chi connectivity index (χ2v) is 7.47. The van der Waals surface area contributed by atoms with Crippen LogP contribution < -0.4 is 14.8 Å². The molecule has 8 heteroatoms. The number of hydrogen-bond donors (Lipinski definition) is 1. The standard InChI is InChI=1S/C19H18BrClN2O4/c1-23(2)19(25)13-9-12(3-4-15(13)21)22-18(24)8-11-7-16-17(10-14(11)20)27-6-5-26-16/h3-4,7,9-10H,5-6,8H2,1-2H3,(H,22,24). The smallest absolute Gasteiger partial charge is 0.254 e. The van der Waals surface area contributed by atoms with E-state index in [0.717, 1.165) is 10.0 Å². The SMILES string of the molecule is CN(C)C(=O)c1cc(NC(=O)Cc2cc3c(cc2Br)OCCO3)ccc1Cl. The Kier molecular flexibility index (Phi) is 5.92. The van der Waals surface area contributed by atoms with E-state index in [4.69, 9.17) is 21.1 Å². The van der Waals surface area contributed by atoms with Gasteiger partial charge in [-0.15, -0.1) is 0 Å². The van der Waals surface area contributed by atoms with Crippen molar-refractivity contribution in [3.63, 3.8) is 0 Å². The van der Waals surface area contributed by atoms with Crippen LogP contribution in [-0.2, 0) is 11.2 Å². The minimum Gasteiger partial charge on any atom is -0.486 e. The van der Waals surface area contributed by atoms with Crippen molar-refractivity contribution in [2.24, 2.45) is 0 Å². The van der Waals surface area contributed by atoms with Crippen LogP contribution in [-0.4, -0.2) is 44.0 Å². The van der Waals surface area contributed by atoms with E-state index >= 15 is 0 Å². The molecular formula is C19H18BrClN2O4. The molecule has 6 nitrogen and oxygen atoms in total. The average molecular weight is 454 g/mol. The quantitative estimate of drug-likeness (QED) is 0.765. The minimum atomic E-state index is -0.231. The first-order valence-electron chi connectivity index (χ1n) is 8.24. The third kappa shape index (κ3) is 4.54. The fraction of sp³-hybridized carbons (Fsp3) is 0.263. The molecule has 0 atom stereocenters. The summed E-state index contributed by atoms with van der Waals surface area (Å²) >= 11 is 9.56. The lowest BCUT2D eigenvalue weighted by atomic mass is 10.1. The molecule has 0 saturated heterocycles. The van der Waals surface area contributed by atoms with Crippen molar-refractivity contribution in [2.45, 2.75) is 6.42 Å². The number of hydrogen-bond acceptors (Lipinski definition) is 4. The number of ether oxygens (including phenoxy) is 2. The normalized spacial score (nSPS) is 12.4. The maximum Gasteiger partial charge on any atom is 0.254 e. The molecule has 0 spiro atoms. The van der Waals surface area contributed by atoms with Gasteiger partial charge in [-0.25, -0.2) is 0 Å². The van der Waals surface area contributed by atoms with Crippen LogP contribution >= 0.6 is 27.5 Å². The first kappa shape index (κ1) is 19.5. The highest BCUT2D eigenvalue weighted by molar-refractivity contribution is 9.10. The highest BCUT2D eigenvalue weighted by Gasteiger charge is 2.18. The fourth-order valence-corrected chi connectivity index (χ4v) is 3.29. The number of halogens is 2. The molecule has 27 heavy (non-hydrogen) atoms. The van der Waals surface area contributed by atoms with E-state index in [9.17, 15) is 9.59 Å². The zero-order chi connectivity index (χ0) is 19.6. The molecule has 0 bridgehead atoms. The van der Waals surface area contributed by atoms with E-state index < -0.39 is 0 Å². The summed E-state index contributed by atoms with van der Waals surface area (Å²) in [5.74, 6) is 0.822. The van der Waals surface area contributed by atoms with E-state index in [1.54, 1.807) is 44.4 Å². The Morgan fingerprint density at radius 1 is 1.15 bits per heavy atom. The van der Waals surface area contributed by atoms with E-state index in [0.29, 0.717) is 41.0 Å². The van der Waals surface area contributed by atoms with Crippen LogP contribution in [0.5, 0.6) is 11.5 Å². The lowest BCUT2D eigenvalue weighted by molar-refractivity contribution is -0.115. The number of nitrogens with zero attached hydrogens (tertiary/aromatic N) is 1. The van der Waals surface area contributed by atoms with Crippen LogP contribution in [0.4, 0.5) is 5.69 Å². The molecular weight excluding hydrogens is 436 g/mol. The molecule has 1 aliphatic rings. The van der Waals surface area contributed by atoms with Crippen molar-refractivity contribution in [3.05, 3.63) is 51.0 Å². The Morgan fingerprint density at radius 2 is 1.81 bits per heavy atom. The van der Waals surface area contributed by atoms with Crippen LogP contribution in [0.3, 0.4) is 0 Å². The van der Waals surface area contributed by atoms with Gasteiger partial charge >= 0.3 is 0 Å². The molecule has 0 unspecified atom stereocenters. The number of nitrogens with one attached hydrogen (secondary N) is 1. The number of fused-ring (bicyclic) bond motifs is 1. The van der Waals surface area contributed by atoms with Crippen LogP contribution in [0.2, 0.25) is 5.02 Å². The third-order valence-corrected chi connectivity index (χ3v) is 5.02. The average Bonchev–Trinajstić information content (AvgIpc) is 2.63. The van der Waals surface area contributed by atoms with Crippen molar-refractivity contribution in [1.29, 1.82) is 0 Å². The number of amides is 2. The summed E-state index contributed by atoms with van der Waals surface area (Å²) in [5.41, 5.74) is 1.61. The second-order valence-electron chi connectivity index (χ2n) is 6.21. The summed E-state index contributed by atoms with van der Waals surface area (Å²) in [7, 11) is 3.28. The highest BCUT2D eigenvalue weighted by atomic mass is 79.9. The third-order valence-electron chi connectivity index (χ3n) is 3.95. The summed E-state index contributed by atoms with van der Waals surface area (Å²) < 4.78 is 11.8. The molecule has 2 aromatic rings. The number of carbonyl (C=O) groups is 2. The van der Waals surface area contributed by atoms with E-state index in [2.05, 4.69) is 21.2 Å². The zero-order valence-electron chi connectivity index (χ0n) is 14.8. The summed E-state index contributed by atoms with van der Waals surface area (Å²) in [6, 6.07) is 8.41. The van der Waals surface area contributed by atoms with Gasteiger partial charge in [-0.2, -0.15) is 0 Å². The maximum absolute atomic E-state index is 12.5. The second kappa shape index (κ2) is 8.19. The van der Waals surface area contributed by atoms with Gasteiger partial charge in [-0.1, -0.05) is 27.5 Å². The predicted molar refractivity (Wildman–Crippen MR) is 107 cm³/mol. The number of rotatable bonds is 4. The van der Waals surface area contributed by atoms with Crippen molar-refractivity contribution >= 4 is 45.0 Å². The number of benzene rings is 2. The molecule has 0 fully saturated rings. The Bertz CT molecular complexity index is 902. The minimum absolute atomic E-state index is 0.136. The fourth-order valence-electron chi connectivity index (χ4n) is 2.63. The molecule has 3 rings (SSSR count). The van der Waals surface area contributed by atoms with E-state index in [1.165, 1.54) is 4.90 Å².